The van der Waals surface area contributed by atoms with Crippen molar-refractivity contribution >= 4 is 14.2 Å². The van der Waals surface area contributed by atoms with Crippen LogP contribution in [0.25, 0.3) is 0 Å². The van der Waals surface area contributed by atoms with Crippen LogP contribution in [0, 0.1) is 0 Å². The summed E-state index contributed by atoms with van der Waals surface area (Å²) in [7, 11) is -3.06. The number of hydrogen-bond donors (Lipinski definition) is 1. The third-order valence-corrected chi connectivity index (χ3v) is 1.34. The zero-order chi connectivity index (χ0) is 7.98. The van der Waals surface area contributed by atoms with Gasteiger partial charge in [-0.05, 0) is 6.42 Å². The second-order valence-corrected chi connectivity index (χ2v) is 2.58. The van der Waals surface area contributed by atoms with E-state index in [0.29, 0.717) is 6.42 Å². The van der Waals surface area contributed by atoms with Crippen LogP contribution in [0.3, 0.4) is 0 Å². The molecule has 0 aliphatic heterocycles. The van der Waals surface area contributed by atoms with Crippen molar-refractivity contribution in [2.75, 3.05) is 0 Å². The highest BCUT2D eigenvalue weighted by molar-refractivity contribution is 7.32. The molecule has 0 spiro atoms. The standard InChI is InChI=1S/C5H11O4P/c1-2-3-4-5(6)9-10(7)8/h10H,2-4H2,1H3,(H,7,8). The lowest BCUT2D eigenvalue weighted by atomic mass is 10.3. The molecule has 0 rings (SSSR count). The van der Waals surface area contributed by atoms with E-state index in [-0.39, 0.29) is 6.42 Å². The predicted octanol–water partition coefficient (Wildman–Crippen LogP) is 1.10. The van der Waals surface area contributed by atoms with Crippen LogP contribution in [-0.2, 0) is 13.9 Å². The van der Waals surface area contributed by atoms with E-state index in [0.717, 1.165) is 6.42 Å². The fourth-order valence-corrected chi connectivity index (χ4v) is 0.766. The van der Waals surface area contributed by atoms with Crippen molar-refractivity contribution in [2.24, 2.45) is 0 Å². The van der Waals surface area contributed by atoms with Gasteiger partial charge in [-0.25, -0.2) is 4.57 Å². The highest BCUT2D eigenvalue weighted by atomic mass is 31.1. The first-order chi connectivity index (χ1) is 4.66. The summed E-state index contributed by atoms with van der Waals surface area (Å²) < 4.78 is 13.9. The summed E-state index contributed by atoms with van der Waals surface area (Å²) in [5, 5.41) is 0. The van der Waals surface area contributed by atoms with E-state index in [1.807, 2.05) is 6.92 Å². The molecule has 0 saturated heterocycles. The number of rotatable bonds is 4. The maximum Gasteiger partial charge on any atom is 0.367 e. The van der Waals surface area contributed by atoms with Gasteiger partial charge >= 0.3 is 14.2 Å². The number of carbonyl (C=O) groups is 1. The van der Waals surface area contributed by atoms with Gasteiger partial charge in [0.1, 0.15) is 0 Å². The average Bonchev–Trinajstić information content (AvgIpc) is 1.82. The maximum absolute atomic E-state index is 10.5. The molecule has 1 atom stereocenters. The van der Waals surface area contributed by atoms with E-state index in [9.17, 15) is 9.36 Å². The van der Waals surface area contributed by atoms with Crippen LogP contribution >= 0.6 is 8.25 Å². The zero-order valence-corrected chi connectivity index (χ0v) is 6.79. The van der Waals surface area contributed by atoms with Crippen LogP contribution in [0.1, 0.15) is 26.2 Å². The van der Waals surface area contributed by atoms with E-state index in [2.05, 4.69) is 4.52 Å². The molecule has 0 saturated carbocycles. The molecule has 0 aromatic heterocycles. The van der Waals surface area contributed by atoms with Crippen LogP contribution in [0.4, 0.5) is 0 Å². The third kappa shape index (κ3) is 5.79. The summed E-state index contributed by atoms with van der Waals surface area (Å²) in [5.74, 6) is -0.590. The van der Waals surface area contributed by atoms with Gasteiger partial charge < -0.3 is 9.42 Å². The van der Waals surface area contributed by atoms with Gasteiger partial charge in [0.05, 0.1) is 0 Å². The quantitative estimate of drug-likeness (QED) is 0.635. The summed E-state index contributed by atoms with van der Waals surface area (Å²) in [6.45, 7) is 1.93. The zero-order valence-electron chi connectivity index (χ0n) is 5.79. The molecule has 0 radical (unpaired) electrons. The van der Waals surface area contributed by atoms with Gasteiger partial charge in [-0.2, -0.15) is 0 Å². The molecule has 1 N–H and O–H groups in total. The van der Waals surface area contributed by atoms with Crippen molar-refractivity contribution in [3.63, 3.8) is 0 Å². The molecule has 0 heterocycles. The summed E-state index contributed by atoms with van der Waals surface area (Å²) in [6.07, 6.45) is 1.81. The minimum absolute atomic E-state index is 0.230. The lowest BCUT2D eigenvalue weighted by Gasteiger charge is -1.97. The Kier molecular flexibility index (Phi) is 5.26. The molecule has 10 heavy (non-hydrogen) atoms. The smallest absolute Gasteiger partial charge is 0.367 e. The van der Waals surface area contributed by atoms with Gasteiger partial charge in [-0.15, -0.1) is 0 Å². The molecule has 0 aromatic carbocycles. The molecule has 5 heteroatoms. The van der Waals surface area contributed by atoms with Gasteiger partial charge in [0.25, 0.3) is 0 Å². The molecule has 0 amide bonds. The molecular formula is C5H11O4P. The molecule has 0 aromatic rings. The number of carbonyl (C=O) groups excluding carboxylic acids is 1. The summed E-state index contributed by atoms with van der Waals surface area (Å²) in [5.41, 5.74) is 0. The minimum atomic E-state index is -3.06. The maximum atomic E-state index is 10.5. The Labute approximate surface area is 60.1 Å². The largest absolute Gasteiger partial charge is 0.394 e. The monoisotopic (exact) mass is 166 g/mol. The summed E-state index contributed by atoms with van der Waals surface area (Å²) >= 11 is 0. The molecule has 0 fully saturated rings. The fraction of sp³-hybridized carbons (Fsp3) is 0.800. The van der Waals surface area contributed by atoms with Gasteiger partial charge in [0, 0.05) is 6.42 Å². The highest BCUT2D eigenvalue weighted by Crippen LogP contribution is 2.16. The Bertz CT molecular complexity index is 134. The van der Waals surface area contributed by atoms with Gasteiger partial charge in [0.15, 0.2) is 0 Å². The third-order valence-electron chi connectivity index (χ3n) is 0.936. The molecule has 0 aliphatic rings. The van der Waals surface area contributed by atoms with Gasteiger partial charge in [-0.1, -0.05) is 13.3 Å². The predicted molar refractivity (Wildman–Crippen MR) is 36.8 cm³/mol. The fourth-order valence-electron chi connectivity index (χ4n) is 0.470. The summed E-state index contributed by atoms with van der Waals surface area (Å²) in [4.78, 5) is 18.6. The Hall–Kier alpha value is -0.340. The van der Waals surface area contributed by atoms with Crippen LogP contribution in [0.15, 0.2) is 0 Å². The number of unbranched alkanes of at least 4 members (excludes halogenated alkanes) is 1. The topological polar surface area (TPSA) is 63.6 Å². The lowest BCUT2D eigenvalue weighted by Crippen LogP contribution is -1.97. The molecular weight excluding hydrogens is 155 g/mol. The normalized spacial score (nSPS) is 12.6. The Morgan fingerprint density at radius 2 is 2.30 bits per heavy atom. The Morgan fingerprint density at radius 3 is 2.70 bits per heavy atom. The van der Waals surface area contributed by atoms with Crippen LogP contribution in [-0.4, -0.2) is 10.9 Å². The van der Waals surface area contributed by atoms with Crippen molar-refractivity contribution in [1.29, 1.82) is 0 Å². The van der Waals surface area contributed by atoms with E-state index >= 15 is 0 Å². The SMILES string of the molecule is CCCCC(=O)O[PH](=O)O. The van der Waals surface area contributed by atoms with Crippen molar-refractivity contribution in [1.82, 2.24) is 0 Å². The van der Waals surface area contributed by atoms with Crippen molar-refractivity contribution in [3.05, 3.63) is 0 Å². The average molecular weight is 166 g/mol. The molecule has 0 bridgehead atoms. The van der Waals surface area contributed by atoms with Crippen molar-refractivity contribution in [2.45, 2.75) is 26.2 Å². The Morgan fingerprint density at radius 1 is 1.70 bits per heavy atom. The first-order valence-corrected chi connectivity index (χ1v) is 4.36. The lowest BCUT2D eigenvalue weighted by molar-refractivity contribution is -0.134. The molecule has 0 aliphatic carbocycles. The minimum Gasteiger partial charge on any atom is -0.394 e. The molecule has 60 valence electrons. The van der Waals surface area contributed by atoms with Gasteiger partial charge in [-0.3, -0.25) is 4.79 Å². The van der Waals surface area contributed by atoms with E-state index in [4.69, 9.17) is 4.89 Å². The molecule has 4 nitrogen and oxygen atoms in total. The Balaban J connectivity index is 3.35. The first kappa shape index (κ1) is 9.66. The highest BCUT2D eigenvalue weighted by Gasteiger charge is 2.02. The van der Waals surface area contributed by atoms with Crippen LogP contribution < -0.4 is 0 Å². The van der Waals surface area contributed by atoms with E-state index in [1.54, 1.807) is 0 Å². The van der Waals surface area contributed by atoms with E-state index in [1.165, 1.54) is 0 Å². The summed E-state index contributed by atoms with van der Waals surface area (Å²) in [6, 6.07) is 0. The van der Waals surface area contributed by atoms with Crippen molar-refractivity contribution in [3.8, 4) is 0 Å². The van der Waals surface area contributed by atoms with Crippen molar-refractivity contribution < 1.29 is 18.8 Å². The number of hydrogen-bond acceptors (Lipinski definition) is 3. The molecule has 1 unspecified atom stereocenters. The van der Waals surface area contributed by atoms with Crippen LogP contribution in [0.2, 0.25) is 0 Å². The second-order valence-electron chi connectivity index (χ2n) is 1.84. The van der Waals surface area contributed by atoms with Gasteiger partial charge in [0.2, 0.25) is 0 Å². The second kappa shape index (κ2) is 5.45. The first-order valence-electron chi connectivity index (χ1n) is 3.10. The van der Waals surface area contributed by atoms with E-state index < -0.39 is 14.2 Å². The van der Waals surface area contributed by atoms with Crippen LogP contribution in [0.5, 0.6) is 0 Å².